The van der Waals surface area contributed by atoms with E-state index in [1.165, 1.54) is 13.3 Å². The third-order valence-corrected chi connectivity index (χ3v) is 4.39. The average Bonchev–Trinajstić information content (AvgIpc) is 3.06. The van der Waals surface area contributed by atoms with E-state index in [9.17, 15) is 9.18 Å². The van der Waals surface area contributed by atoms with Crippen LogP contribution in [-0.4, -0.2) is 36.1 Å². The van der Waals surface area contributed by atoms with E-state index in [2.05, 4.69) is 19.6 Å². The summed E-state index contributed by atoms with van der Waals surface area (Å²) in [5.74, 6) is 0.459. The van der Waals surface area contributed by atoms with Gasteiger partial charge in [-0.25, -0.2) is 14.2 Å². The summed E-state index contributed by atoms with van der Waals surface area (Å²) >= 11 is 0. The molecule has 1 saturated heterocycles. The molecule has 1 aliphatic rings. The first kappa shape index (κ1) is 16.4. The van der Waals surface area contributed by atoms with E-state index < -0.39 is 5.97 Å². The summed E-state index contributed by atoms with van der Waals surface area (Å²) in [7, 11) is 1.32. The number of methoxy groups -OCH3 is 1. The number of ether oxygens (including phenoxy) is 1. The maximum atomic E-state index is 13.7. The Balaban J connectivity index is 1.67. The molecule has 6 heteroatoms. The van der Waals surface area contributed by atoms with Gasteiger partial charge in [0.25, 0.3) is 0 Å². The Kier molecular flexibility index (Phi) is 4.74. The summed E-state index contributed by atoms with van der Waals surface area (Å²) in [6, 6.07) is 5.43. The van der Waals surface area contributed by atoms with Crippen LogP contribution in [-0.2, 0) is 11.2 Å². The lowest BCUT2D eigenvalue weighted by atomic mass is 9.98. The number of carbonyl (C=O) groups is 1. The van der Waals surface area contributed by atoms with Gasteiger partial charge in [0.05, 0.1) is 19.5 Å². The van der Waals surface area contributed by atoms with Crippen molar-refractivity contribution in [2.75, 3.05) is 25.1 Å². The van der Waals surface area contributed by atoms with Crippen LogP contribution in [0, 0.1) is 18.7 Å². The van der Waals surface area contributed by atoms with E-state index in [0.717, 1.165) is 31.5 Å². The fourth-order valence-corrected chi connectivity index (χ4v) is 3.01. The highest BCUT2D eigenvalue weighted by molar-refractivity contribution is 5.87. The van der Waals surface area contributed by atoms with Crippen LogP contribution in [0.2, 0.25) is 0 Å². The molecule has 1 fully saturated rings. The summed E-state index contributed by atoms with van der Waals surface area (Å²) in [5, 5.41) is 0. The molecule has 0 N–H and O–H groups in total. The largest absolute Gasteiger partial charge is 0.464 e. The van der Waals surface area contributed by atoms with E-state index in [0.29, 0.717) is 17.3 Å². The Labute approximate surface area is 140 Å². The van der Waals surface area contributed by atoms with Gasteiger partial charge >= 0.3 is 5.97 Å². The predicted molar refractivity (Wildman–Crippen MR) is 88.5 cm³/mol. The maximum Gasteiger partial charge on any atom is 0.358 e. The van der Waals surface area contributed by atoms with E-state index in [-0.39, 0.29) is 11.5 Å². The molecule has 1 atom stereocenters. The molecule has 1 unspecified atom stereocenters. The smallest absolute Gasteiger partial charge is 0.358 e. The molecule has 0 saturated carbocycles. The molecule has 1 aliphatic heterocycles. The van der Waals surface area contributed by atoms with Crippen molar-refractivity contribution < 1.29 is 13.9 Å². The third kappa shape index (κ3) is 3.53. The molecule has 2 aromatic rings. The lowest BCUT2D eigenvalue weighted by molar-refractivity contribution is 0.0593. The lowest BCUT2D eigenvalue weighted by Crippen LogP contribution is -2.22. The Morgan fingerprint density at radius 1 is 1.42 bits per heavy atom. The molecule has 126 valence electrons. The number of benzene rings is 1. The number of nitrogens with zero attached hydrogens (tertiary/aromatic N) is 3. The van der Waals surface area contributed by atoms with Crippen LogP contribution in [0.1, 0.15) is 28.0 Å². The van der Waals surface area contributed by atoms with E-state index in [1.807, 2.05) is 12.1 Å². The van der Waals surface area contributed by atoms with E-state index in [4.69, 9.17) is 0 Å². The second-order valence-corrected chi connectivity index (χ2v) is 6.14. The lowest BCUT2D eigenvalue weighted by Gasteiger charge is -2.17. The first-order chi connectivity index (χ1) is 11.6. The molecule has 2 heterocycles. The zero-order valence-corrected chi connectivity index (χ0v) is 13.8. The standard InChI is InChI=1S/C18H20FN3O2/c1-12-3-4-13(8-15(12)19)7-14-5-6-22(11-14)17-10-20-9-16(21-17)18(23)24-2/h3-4,8-10,14H,5-7,11H2,1-2H3. The van der Waals surface area contributed by atoms with Gasteiger partial charge in [-0.15, -0.1) is 0 Å². The van der Waals surface area contributed by atoms with Crippen LogP contribution in [0.3, 0.4) is 0 Å². The number of aromatic nitrogens is 2. The Bertz CT molecular complexity index is 751. The molecular weight excluding hydrogens is 309 g/mol. The highest BCUT2D eigenvalue weighted by Crippen LogP contribution is 2.25. The van der Waals surface area contributed by atoms with Crippen molar-refractivity contribution in [3.8, 4) is 0 Å². The summed E-state index contributed by atoms with van der Waals surface area (Å²) in [6.07, 6.45) is 4.88. The second kappa shape index (κ2) is 6.95. The minimum absolute atomic E-state index is 0.154. The van der Waals surface area contributed by atoms with Crippen LogP contribution in [0.4, 0.5) is 10.2 Å². The molecule has 0 amide bonds. The van der Waals surface area contributed by atoms with Gasteiger partial charge in [-0.05, 0) is 42.9 Å². The van der Waals surface area contributed by atoms with Gasteiger partial charge in [-0.1, -0.05) is 12.1 Å². The quantitative estimate of drug-likeness (QED) is 0.807. The molecule has 5 nitrogen and oxygen atoms in total. The van der Waals surface area contributed by atoms with Gasteiger partial charge < -0.3 is 9.64 Å². The van der Waals surface area contributed by atoms with Crippen LogP contribution in [0.25, 0.3) is 0 Å². The van der Waals surface area contributed by atoms with Gasteiger partial charge in [-0.2, -0.15) is 0 Å². The third-order valence-electron chi connectivity index (χ3n) is 4.39. The molecule has 24 heavy (non-hydrogen) atoms. The van der Waals surface area contributed by atoms with Gasteiger partial charge in [0, 0.05) is 13.1 Å². The predicted octanol–water partition coefficient (Wildman–Crippen LogP) is 2.78. The van der Waals surface area contributed by atoms with Crippen molar-refractivity contribution in [1.29, 1.82) is 0 Å². The Morgan fingerprint density at radius 2 is 2.25 bits per heavy atom. The van der Waals surface area contributed by atoms with Crippen LogP contribution in [0.5, 0.6) is 0 Å². The van der Waals surface area contributed by atoms with Gasteiger partial charge in [0.2, 0.25) is 0 Å². The van der Waals surface area contributed by atoms with Crippen molar-refractivity contribution in [1.82, 2.24) is 9.97 Å². The number of rotatable bonds is 4. The fourth-order valence-electron chi connectivity index (χ4n) is 3.01. The summed E-state index contributed by atoms with van der Waals surface area (Å²) in [6.45, 7) is 3.43. The number of hydrogen-bond donors (Lipinski definition) is 0. The highest BCUT2D eigenvalue weighted by Gasteiger charge is 2.24. The Morgan fingerprint density at radius 3 is 3.00 bits per heavy atom. The van der Waals surface area contributed by atoms with Gasteiger partial charge in [0.1, 0.15) is 11.6 Å². The second-order valence-electron chi connectivity index (χ2n) is 6.14. The van der Waals surface area contributed by atoms with Crippen LogP contribution < -0.4 is 4.90 Å². The minimum Gasteiger partial charge on any atom is -0.464 e. The number of esters is 1. The molecular formula is C18H20FN3O2. The minimum atomic E-state index is -0.491. The highest BCUT2D eigenvalue weighted by atomic mass is 19.1. The zero-order valence-electron chi connectivity index (χ0n) is 13.8. The summed E-state index contributed by atoms with van der Waals surface area (Å²) in [5.41, 5.74) is 1.89. The topological polar surface area (TPSA) is 55.3 Å². The van der Waals surface area contributed by atoms with E-state index >= 15 is 0 Å². The average molecular weight is 329 g/mol. The molecule has 3 rings (SSSR count). The van der Waals surface area contributed by atoms with E-state index in [1.54, 1.807) is 19.2 Å². The van der Waals surface area contributed by atoms with Gasteiger partial charge in [-0.3, -0.25) is 4.98 Å². The molecule has 0 aliphatic carbocycles. The van der Waals surface area contributed by atoms with Crippen LogP contribution in [0.15, 0.2) is 30.6 Å². The van der Waals surface area contributed by atoms with Crippen LogP contribution >= 0.6 is 0 Å². The molecule has 0 bridgehead atoms. The molecule has 0 radical (unpaired) electrons. The fraction of sp³-hybridized carbons (Fsp3) is 0.389. The van der Waals surface area contributed by atoms with Crippen molar-refractivity contribution >= 4 is 11.8 Å². The van der Waals surface area contributed by atoms with Crippen molar-refractivity contribution in [3.63, 3.8) is 0 Å². The summed E-state index contributed by atoms with van der Waals surface area (Å²) in [4.78, 5) is 22.1. The number of anilines is 1. The Hall–Kier alpha value is -2.50. The number of halogens is 1. The first-order valence-corrected chi connectivity index (χ1v) is 7.97. The first-order valence-electron chi connectivity index (χ1n) is 7.97. The van der Waals surface area contributed by atoms with Crippen molar-refractivity contribution in [3.05, 3.63) is 53.2 Å². The summed E-state index contributed by atoms with van der Waals surface area (Å²) < 4.78 is 18.4. The molecule has 1 aromatic heterocycles. The van der Waals surface area contributed by atoms with Crippen molar-refractivity contribution in [2.24, 2.45) is 5.92 Å². The maximum absolute atomic E-state index is 13.7. The number of hydrogen-bond acceptors (Lipinski definition) is 5. The molecule has 0 spiro atoms. The monoisotopic (exact) mass is 329 g/mol. The number of aryl methyl sites for hydroxylation is 1. The normalized spacial score (nSPS) is 17.1. The number of carbonyl (C=O) groups excluding carboxylic acids is 1. The molecule has 1 aromatic carbocycles. The SMILES string of the molecule is COC(=O)c1cncc(N2CCC(Cc3ccc(C)c(F)c3)C2)n1. The zero-order chi connectivity index (χ0) is 17.1. The van der Waals surface area contributed by atoms with Gasteiger partial charge in [0.15, 0.2) is 5.69 Å². The van der Waals surface area contributed by atoms with Crippen molar-refractivity contribution in [2.45, 2.75) is 19.8 Å².